The van der Waals surface area contributed by atoms with Gasteiger partial charge in [0.1, 0.15) is 24.5 Å². The van der Waals surface area contributed by atoms with E-state index in [-0.39, 0.29) is 5.92 Å². The Balaban J connectivity index is 2.04. The van der Waals surface area contributed by atoms with Crippen molar-refractivity contribution in [3.05, 3.63) is 42.0 Å². The van der Waals surface area contributed by atoms with Crippen LogP contribution in [-0.4, -0.2) is 21.4 Å². The van der Waals surface area contributed by atoms with E-state index in [2.05, 4.69) is 27.8 Å². The van der Waals surface area contributed by atoms with Gasteiger partial charge >= 0.3 is 0 Å². The third-order valence-corrected chi connectivity index (χ3v) is 3.00. The van der Waals surface area contributed by atoms with Crippen LogP contribution in [0.5, 0.6) is 5.75 Å². The van der Waals surface area contributed by atoms with Crippen molar-refractivity contribution in [2.45, 2.75) is 19.4 Å². The summed E-state index contributed by atoms with van der Waals surface area (Å²) in [4.78, 5) is 0. The molecule has 2 heterocycles. The highest BCUT2D eigenvalue weighted by atomic mass is 16.5. The molecule has 0 bridgehead atoms. The number of hydrogen-bond donors (Lipinski definition) is 0. The summed E-state index contributed by atoms with van der Waals surface area (Å²) in [7, 11) is 0. The van der Waals surface area contributed by atoms with Crippen LogP contribution in [0.1, 0.15) is 24.2 Å². The highest BCUT2D eigenvalue weighted by molar-refractivity contribution is 5.42. The molecule has 1 aliphatic rings. The van der Waals surface area contributed by atoms with Gasteiger partial charge in [0.05, 0.1) is 5.92 Å². The number of para-hydroxylation sites is 1. The molecule has 4 nitrogen and oxygen atoms in total. The Morgan fingerprint density at radius 3 is 3.19 bits per heavy atom. The van der Waals surface area contributed by atoms with E-state index in [1.807, 2.05) is 18.2 Å². The number of aromatic nitrogens is 3. The van der Waals surface area contributed by atoms with Crippen molar-refractivity contribution in [1.29, 1.82) is 0 Å². The number of aryl methyl sites for hydroxylation is 1. The maximum atomic E-state index is 5.65. The summed E-state index contributed by atoms with van der Waals surface area (Å²) in [6, 6.07) is 8.13. The number of hydrogen-bond acceptors (Lipinski definition) is 3. The Labute approximate surface area is 93.9 Å². The lowest BCUT2D eigenvalue weighted by atomic mass is 10.0. The number of rotatable bonds is 2. The summed E-state index contributed by atoms with van der Waals surface area (Å²) in [5, 5.41) is 8.17. The van der Waals surface area contributed by atoms with E-state index in [9.17, 15) is 0 Å². The van der Waals surface area contributed by atoms with Gasteiger partial charge in [-0.25, -0.2) is 0 Å². The zero-order chi connectivity index (χ0) is 11.0. The van der Waals surface area contributed by atoms with E-state index in [0.29, 0.717) is 6.61 Å². The molecule has 0 aliphatic carbocycles. The van der Waals surface area contributed by atoms with Gasteiger partial charge in [0.25, 0.3) is 0 Å². The SMILES string of the molecule is CCn1cnnc1C1COc2ccccc21. The van der Waals surface area contributed by atoms with Crippen LogP contribution in [0, 0.1) is 0 Å². The fourth-order valence-electron chi connectivity index (χ4n) is 2.15. The Bertz CT molecular complexity index is 506. The molecule has 0 N–H and O–H groups in total. The van der Waals surface area contributed by atoms with Crippen LogP contribution in [0.3, 0.4) is 0 Å². The van der Waals surface area contributed by atoms with Gasteiger partial charge in [-0.15, -0.1) is 10.2 Å². The first kappa shape index (κ1) is 9.39. The molecule has 0 saturated heterocycles. The summed E-state index contributed by atoms with van der Waals surface area (Å²) < 4.78 is 7.72. The molecule has 0 amide bonds. The Kier molecular flexibility index (Phi) is 2.13. The lowest BCUT2D eigenvalue weighted by Crippen LogP contribution is -2.10. The predicted molar refractivity (Wildman–Crippen MR) is 59.5 cm³/mol. The van der Waals surface area contributed by atoms with Gasteiger partial charge in [-0.2, -0.15) is 0 Å². The zero-order valence-electron chi connectivity index (χ0n) is 9.13. The highest BCUT2D eigenvalue weighted by Gasteiger charge is 2.28. The molecule has 3 rings (SSSR count). The molecule has 4 heteroatoms. The van der Waals surface area contributed by atoms with Crippen LogP contribution in [0.15, 0.2) is 30.6 Å². The molecule has 1 aromatic heterocycles. The zero-order valence-corrected chi connectivity index (χ0v) is 9.13. The first-order valence-corrected chi connectivity index (χ1v) is 5.49. The van der Waals surface area contributed by atoms with Crippen molar-refractivity contribution in [2.24, 2.45) is 0 Å². The molecule has 0 spiro atoms. The molecule has 1 unspecified atom stereocenters. The largest absolute Gasteiger partial charge is 0.492 e. The Morgan fingerprint density at radius 2 is 2.31 bits per heavy atom. The summed E-state index contributed by atoms with van der Waals surface area (Å²) in [6.07, 6.45) is 1.77. The molecule has 2 aromatic rings. The van der Waals surface area contributed by atoms with E-state index >= 15 is 0 Å². The van der Waals surface area contributed by atoms with Gasteiger partial charge in [0, 0.05) is 12.1 Å². The average molecular weight is 215 g/mol. The minimum absolute atomic E-state index is 0.221. The predicted octanol–water partition coefficient (Wildman–Crippen LogP) is 1.82. The minimum Gasteiger partial charge on any atom is -0.492 e. The van der Waals surface area contributed by atoms with Crippen molar-refractivity contribution in [1.82, 2.24) is 14.8 Å². The summed E-state index contributed by atoms with van der Waals surface area (Å²) in [5.41, 5.74) is 1.21. The molecule has 0 saturated carbocycles. The normalized spacial score (nSPS) is 18.2. The molecular formula is C12H13N3O. The summed E-state index contributed by atoms with van der Waals surface area (Å²) in [6.45, 7) is 3.65. The monoisotopic (exact) mass is 215 g/mol. The minimum atomic E-state index is 0.221. The molecular weight excluding hydrogens is 202 g/mol. The number of nitrogens with zero attached hydrogens (tertiary/aromatic N) is 3. The van der Waals surface area contributed by atoms with Crippen LogP contribution in [0.2, 0.25) is 0 Å². The molecule has 1 atom stereocenters. The molecule has 1 aromatic carbocycles. The van der Waals surface area contributed by atoms with Crippen molar-refractivity contribution in [2.75, 3.05) is 6.61 Å². The first-order valence-electron chi connectivity index (χ1n) is 5.49. The smallest absolute Gasteiger partial charge is 0.143 e. The molecule has 16 heavy (non-hydrogen) atoms. The Morgan fingerprint density at radius 1 is 1.44 bits per heavy atom. The number of benzene rings is 1. The molecule has 0 fully saturated rings. The third kappa shape index (κ3) is 1.30. The van der Waals surface area contributed by atoms with Crippen LogP contribution >= 0.6 is 0 Å². The van der Waals surface area contributed by atoms with Crippen LogP contribution < -0.4 is 4.74 Å². The van der Waals surface area contributed by atoms with Crippen molar-refractivity contribution in [3.8, 4) is 5.75 Å². The third-order valence-electron chi connectivity index (χ3n) is 3.00. The van der Waals surface area contributed by atoms with E-state index in [1.165, 1.54) is 5.56 Å². The summed E-state index contributed by atoms with van der Waals surface area (Å²) >= 11 is 0. The van der Waals surface area contributed by atoms with Crippen molar-refractivity contribution >= 4 is 0 Å². The van der Waals surface area contributed by atoms with Crippen LogP contribution in [-0.2, 0) is 6.54 Å². The lowest BCUT2D eigenvalue weighted by molar-refractivity contribution is 0.337. The van der Waals surface area contributed by atoms with Crippen molar-refractivity contribution < 1.29 is 4.74 Å². The topological polar surface area (TPSA) is 39.9 Å². The molecule has 0 radical (unpaired) electrons. The Hall–Kier alpha value is -1.84. The second-order valence-electron chi connectivity index (χ2n) is 3.88. The maximum absolute atomic E-state index is 5.65. The molecule has 1 aliphatic heterocycles. The quantitative estimate of drug-likeness (QED) is 0.767. The standard InChI is InChI=1S/C12H13N3O/c1-2-15-8-13-14-12(15)10-7-16-11-6-4-3-5-9(10)11/h3-6,8,10H,2,7H2,1H3. The van der Waals surface area contributed by atoms with E-state index in [1.54, 1.807) is 6.33 Å². The van der Waals surface area contributed by atoms with Gasteiger partial charge < -0.3 is 9.30 Å². The van der Waals surface area contributed by atoms with Crippen molar-refractivity contribution in [3.63, 3.8) is 0 Å². The fraction of sp³-hybridized carbons (Fsp3) is 0.333. The van der Waals surface area contributed by atoms with Crippen LogP contribution in [0.4, 0.5) is 0 Å². The van der Waals surface area contributed by atoms with Gasteiger partial charge in [-0.1, -0.05) is 18.2 Å². The average Bonchev–Trinajstić information content (AvgIpc) is 2.94. The highest BCUT2D eigenvalue weighted by Crippen LogP contribution is 2.36. The van der Waals surface area contributed by atoms with E-state index < -0.39 is 0 Å². The second kappa shape index (κ2) is 3.63. The number of ether oxygens (including phenoxy) is 1. The lowest BCUT2D eigenvalue weighted by Gasteiger charge is -2.08. The van der Waals surface area contributed by atoms with Gasteiger partial charge in [-0.3, -0.25) is 0 Å². The maximum Gasteiger partial charge on any atom is 0.143 e. The fourth-order valence-corrected chi connectivity index (χ4v) is 2.15. The summed E-state index contributed by atoms with van der Waals surface area (Å²) in [5.74, 6) is 2.18. The van der Waals surface area contributed by atoms with Gasteiger partial charge in [0.2, 0.25) is 0 Å². The molecule has 82 valence electrons. The van der Waals surface area contributed by atoms with Gasteiger partial charge in [0.15, 0.2) is 0 Å². The van der Waals surface area contributed by atoms with Crippen LogP contribution in [0.25, 0.3) is 0 Å². The van der Waals surface area contributed by atoms with Gasteiger partial charge in [-0.05, 0) is 13.0 Å². The van der Waals surface area contributed by atoms with E-state index in [0.717, 1.165) is 18.1 Å². The second-order valence-corrected chi connectivity index (χ2v) is 3.88. The first-order chi connectivity index (χ1) is 7.90. The number of fused-ring (bicyclic) bond motifs is 1. The van der Waals surface area contributed by atoms with E-state index in [4.69, 9.17) is 4.74 Å².